The van der Waals surface area contributed by atoms with Crippen LogP contribution < -0.4 is 4.90 Å². The van der Waals surface area contributed by atoms with Crippen molar-refractivity contribution in [3.05, 3.63) is 30.3 Å². The second kappa shape index (κ2) is 7.21. The number of hydrogen-bond acceptors (Lipinski definition) is 3. The largest absolute Gasteiger partial charge is 0.334 e. The molecule has 2 heterocycles. The highest BCUT2D eigenvalue weighted by Gasteiger charge is 2.40. The van der Waals surface area contributed by atoms with E-state index in [0.717, 1.165) is 25.9 Å². The molecule has 2 aliphatic rings. The summed E-state index contributed by atoms with van der Waals surface area (Å²) in [7, 11) is -1.51. The Kier molecular flexibility index (Phi) is 5.22. The topological polar surface area (TPSA) is 62.1 Å². The maximum atomic E-state index is 13.0. The Balaban J connectivity index is 1.82. The van der Waals surface area contributed by atoms with Crippen LogP contribution >= 0.6 is 0 Å². The van der Waals surface area contributed by atoms with Gasteiger partial charge in [0.1, 0.15) is 6.04 Å². The predicted octanol–water partition coefficient (Wildman–Crippen LogP) is -0.413. The van der Waals surface area contributed by atoms with Gasteiger partial charge in [-0.25, -0.2) is 8.42 Å². The van der Waals surface area contributed by atoms with Gasteiger partial charge >= 0.3 is 0 Å². The maximum absolute atomic E-state index is 13.0. The van der Waals surface area contributed by atoms with Gasteiger partial charge in [-0.1, -0.05) is 24.6 Å². The highest BCUT2D eigenvalue weighted by Crippen LogP contribution is 2.26. The van der Waals surface area contributed by atoms with Gasteiger partial charge in [-0.2, -0.15) is 4.31 Å². The third-order valence-corrected chi connectivity index (χ3v) is 6.94. The number of carbonyl (C=O) groups is 1. The standard InChI is InChI=1S/C17H25N3O3S/c1-18-11-13-19(14-12-18)17(21)16-9-5-6-10-20(16)24(22,23)15-7-3-2-4-8-15/h2-4,7-8,16H,5-6,9-14H2,1H3/p+1. The van der Waals surface area contributed by atoms with E-state index in [1.54, 1.807) is 30.3 Å². The van der Waals surface area contributed by atoms with E-state index in [4.69, 9.17) is 0 Å². The fourth-order valence-electron chi connectivity index (χ4n) is 3.49. The summed E-state index contributed by atoms with van der Waals surface area (Å²) in [6, 6.07) is 7.88. The van der Waals surface area contributed by atoms with Crippen LogP contribution in [0.1, 0.15) is 19.3 Å². The summed E-state index contributed by atoms with van der Waals surface area (Å²) in [4.78, 5) is 16.5. The van der Waals surface area contributed by atoms with Gasteiger partial charge in [0.15, 0.2) is 0 Å². The molecule has 132 valence electrons. The van der Waals surface area contributed by atoms with Crippen LogP contribution in [-0.4, -0.2) is 69.3 Å². The van der Waals surface area contributed by atoms with Gasteiger partial charge in [0.25, 0.3) is 0 Å². The third-order valence-electron chi connectivity index (χ3n) is 5.02. The second-order valence-electron chi connectivity index (χ2n) is 6.72. The first-order valence-electron chi connectivity index (χ1n) is 8.67. The SMILES string of the molecule is C[NH+]1CCN(C(=O)C2CCCCN2S(=O)(=O)c2ccccc2)CC1. The highest BCUT2D eigenvalue weighted by atomic mass is 32.2. The normalized spacial score (nSPS) is 24.0. The lowest BCUT2D eigenvalue weighted by atomic mass is 10.0. The molecule has 24 heavy (non-hydrogen) atoms. The molecule has 1 N–H and O–H groups in total. The first kappa shape index (κ1) is 17.4. The molecule has 0 aliphatic carbocycles. The van der Waals surface area contributed by atoms with Crippen LogP contribution in [0.15, 0.2) is 35.2 Å². The molecule has 1 unspecified atom stereocenters. The molecule has 3 rings (SSSR count). The minimum absolute atomic E-state index is 0.0262. The molecule has 2 fully saturated rings. The number of hydrogen-bond donors (Lipinski definition) is 1. The molecule has 0 bridgehead atoms. The van der Waals surface area contributed by atoms with E-state index in [9.17, 15) is 13.2 Å². The van der Waals surface area contributed by atoms with Crippen LogP contribution in [0.2, 0.25) is 0 Å². The molecular weight excluding hydrogens is 326 g/mol. The minimum atomic E-state index is -3.63. The molecule has 0 spiro atoms. The van der Waals surface area contributed by atoms with Crippen molar-refractivity contribution < 1.29 is 18.1 Å². The van der Waals surface area contributed by atoms with Crippen LogP contribution in [0.3, 0.4) is 0 Å². The molecule has 1 amide bonds. The summed E-state index contributed by atoms with van der Waals surface area (Å²) in [6.07, 6.45) is 2.32. The van der Waals surface area contributed by atoms with Crippen molar-refractivity contribution in [1.82, 2.24) is 9.21 Å². The summed E-state index contributed by atoms with van der Waals surface area (Å²) < 4.78 is 27.4. The number of nitrogens with zero attached hydrogens (tertiary/aromatic N) is 2. The van der Waals surface area contributed by atoms with E-state index in [2.05, 4.69) is 7.05 Å². The van der Waals surface area contributed by atoms with Gasteiger partial charge < -0.3 is 9.80 Å². The number of piperazine rings is 1. The van der Waals surface area contributed by atoms with Gasteiger partial charge in [0.2, 0.25) is 15.9 Å². The average Bonchev–Trinajstić information content (AvgIpc) is 2.62. The van der Waals surface area contributed by atoms with Crippen molar-refractivity contribution in [2.75, 3.05) is 39.8 Å². The van der Waals surface area contributed by atoms with Gasteiger partial charge in [0, 0.05) is 6.54 Å². The minimum Gasteiger partial charge on any atom is -0.334 e. The molecule has 2 aliphatic heterocycles. The van der Waals surface area contributed by atoms with Crippen molar-refractivity contribution in [1.29, 1.82) is 0 Å². The van der Waals surface area contributed by atoms with E-state index in [-0.39, 0.29) is 10.8 Å². The Morgan fingerprint density at radius 1 is 1.08 bits per heavy atom. The summed E-state index contributed by atoms with van der Waals surface area (Å²) >= 11 is 0. The fourth-order valence-corrected chi connectivity index (χ4v) is 5.16. The van der Waals surface area contributed by atoms with E-state index in [1.165, 1.54) is 9.21 Å². The molecule has 0 saturated carbocycles. The summed E-state index contributed by atoms with van der Waals surface area (Å²) in [5.74, 6) is -0.0262. The van der Waals surface area contributed by atoms with E-state index >= 15 is 0 Å². The van der Waals surface area contributed by atoms with E-state index in [0.29, 0.717) is 26.1 Å². The zero-order valence-electron chi connectivity index (χ0n) is 14.1. The van der Waals surface area contributed by atoms with Crippen molar-refractivity contribution in [2.24, 2.45) is 0 Å². The number of benzene rings is 1. The fraction of sp³-hybridized carbons (Fsp3) is 0.588. The molecule has 0 radical (unpaired) electrons. The monoisotopic (exact) mass is 352 g/mol. The zero-order valence-corrected chi connectivity index (χ0v) is 15.0. The van der Waals surface area contributed by atoms with Gasteiger partial charge in [0.05, 0.1) is 38.1 Å². The summed E-state index contributed by atoms with van der Waals surface area (Å²) in [5.41, 5.74) is 0. The number of piperidine rings is 1. The average molecular weight is 352 g/mol. The third kappa shape index (κ3) is 3.48. The van der Waals surface area contributed by atoms with Crippen molar-refractivity contribution >= 4 is 15.9 Å². The van der Waals surface area contributed by atoms with Crippen molar-refractivity contribution in [3.8, 4) is 0 Å². The zero-order chi connectivity index (χ0) is 17.2. The molecule has 1 aromatic carbocycles. The molecule has 1 atom stereocenters. The Morgan fingerprint density at radius 3 is 2.42 bits per heavy atom. The summed E-state index contributed by atoms with van der Waals surface area (Å²) in [5, 5.41) is 0. The lowest BCUT2D eigenvalue weighted by Crippen LogP contribution is -3.12. The number of nitrogens with one attached hydrogen (secondary N) is 1. The maximum Gasteiger partial charge on any atom is 0.243 e. The van der Waals surface area contributed by atoms with E-state index in [1.807, 2.05) is 4.90 Å². The number of carbonyl (C=O) groups excluding carboxylic acids is 1. The molecule has 0 aromatic heterocycles. The van der Waals surface area contributed by atoms with Crippen LogP contribution in [0.25, 0.3) is 0 Å². The van der Waals surface area contributed by atoms with Gasteiger partial charge in [-0.3, -0.25) is 4.79 Å². The number of quaternary nitrogens is 1. The van der Waals surface area contributed by atoms with Gasteiger partial charge in [-0.05, 0) is 25.0 Å². The molecule has 1 aromatic rings. The van der Waals surface area contributed by atoms with Crippen LogP contribution in [0.5, 0.6) is 0 Å². The van der Waals surface area contributed by atoms with Crippen molar-refractivity contribution in [2.45, 2.75) is 30.2 Å². The van der Waals surface area contributed by atoms with Crippen molar-refractivity contribution in [3.63, 3.8) is 0 Å². The molecular formula is C17H26N3O3S+. The number of sulfonamides is 1. The van der Waals surface area contributed by atoms with Crippen LogP contribution in [0, 0.1) is 0 Å². The van der Waals surface area contributed by atoms with E-state index < -0.39 is 16.1 Å². The number of rotatable bonds is 3. The predicted molar refractivity (Wildman–Crippen MR) is 91.2 cm³/mol. The summed E-state index contributed by atoms with van der Waals surface area (Å²) in [6.45, 7) is 3.68. The van der Waals surface area contributed by atoms with Gasteiger partial charge in [-0.15, -0.1) is 0 Å². The smallest absolute Gasteiger partial charge is 0.243 e. The number of amides is 1. The highest BCUT2D eigenvalue weighted by molar-refractivity contribution is 7.89. The lowest BCUT2D eigenvalue weighted by molar-refractivity contribution is -0.883. The lowest BCUT2D eigenvalue weighted by Gasteiger charge is -2.38. The molecule has 2 saturated heterocycles. The first-order valence-corrected chi connectivity index (χ1v) is 10.1. The Bertz CT molecular complexity index is 670. The molecule has 6 nitrogen and oxygen atoms in total. The number of likely N-dealkylation sites (N-methyl/N-ethyl adjacent to an activating group) is 1. The quantitative estimate of drug-likeness (QED) is 0.804. The van der Waals surface area contributed by atoms with Crippen LogP contribution in [-0.2, 0) is 14.8 Å². The first-order chi connectivity index (χ1) is 11.5. The van der Waals surface area contributed by atoms with Crippen LogP contribution in [0.4, 0.5) is 0 Å². The Morgan fingerprint density at radius 2 is 1.75 bits per heavy atom. The second-order valence-corrected chi connectivity index (χ2v) is 8.61. The Labute approximate surface area is 144 Å². The Hall–Kier alpha value is -1.44. The molecule has 7 heteroatoms.